The van der Waals surface area contributed by atoms with Gasteiger partial charge in [0.25, 0.3) is 20.1 Å². The lowest BCUT2D eigenvalue weighted by atomic mass is 9.91. The summed E-state index contributed by atoms with van der Waals surface area (Å²) >= 11 is 6.33. The number of rotatable bonds is 12. The van der Waals surface area contributed by atoms with E-state index in [4.69, 9.17) is 21.1 Å². The maximum Gasteiger partial charge on any atom is 0.325 e. The van der Waals surface area contributed by atoms with Crippen molar-refractivity contribution >= 4 is 65.3 Å². The number of carbonyl (C=O) groups excluding carboxylic acids is 4. The van der Waals surface area contributed by atoms with Gasteiger partial charge in [-0.1, -0.05) is 110 Å². The molecule has 1 heterocycles. The average Bonchev–Trinajstić information content (AvgIpc) is 3.36. The second-order valence-electron chi connectivity index (χ2n) is 16.6. The topological polar surface area (TPSA) is 110 Å². The molecule has 0 saturated heterocycles. The molecule has 55 heavy (non-hydrogen) atoms. The van der Waals surface area contributed by atoms with Gasteiger partial charge in [0, 0.05) is 5.02 Å². The lowest BCUT2D eigenvalue weighted by Gasteiger charge is -2.41. The van der Waals surface area contributed by atoms with Crippen LogP contribution in [0.5, 0.6) is 0 Å². The number of benzene rings is 4. The number of halogens is 1. The zero-order chi connectivity index (χ0) is 40.3. The average molecular weight is 780 g/mol. The third kappa shape index (κ3) is 9.18. The van der Waals surface area contributed by atoms with E-state index in [1.54, 1.807) is 71.9 Å². The van der Waals surface area contributed by atoms with Crippen LogP contribution in [0.1, 0.15) is 79.4 Å². The Morgan fingerprint density at radius 3 is 1.69 bits per heavy atom. The number of carbonyl (C=O) groups is 4. The van der Waals surface area contributed by atoms with Crippen LogP contribution >= 0.6 is 11.6 Å². The first-order valence-electron chi connectivity index (χ1n) is 18.5. The minimum Gasteiger partial charge on any atom is -0.459 e. The van der Waals surface area contributed by atoms with Gasteiger partial charge in [-0.05, 0) is 112 Å². The molecule has 4 aromatic rings. The van der Waals surface area contributed by atoms with E-state index in [0.29, 0.717) is 11.4 Å². The lowest BCUT2D eigenvalue weighted by molar-refractivity contribution is -0.172. The van der Waals surface area contributed by atoms with E-state index >= 15 is 0 Å². The highest BCUT2D eigenvalue weighted by atomic mass is 35.5. The van der Waals surface area contributed by atoms with Gasteiger partial charge >= 0.3 is 11.9 Å². The fourth-order valence-corrected chi connectivity index (χ4v) is 11.0. The molecule has 10 heteroatoms. The number of amides is 2. The standard InChI is InChI=1S/C45H50ClNO7Si/c1-43(2,3)53-41(50)38(42(51)54-44(4,5)6)37-36(31-18-15-19-32(46)29-31)39(48)47(40(37)49)33-26-24-30(25-27-33)17-16-28-45(7,8)55(52,34-20-11-9-12-21-34)35-22-13-10-14-23-35/h9-15,18-27,29,38,52H,16-17,28H2,1-8H3. The summed E-state index contributed by atoms with van der Waals surface area (Å²) < 4.78 is 11.3. The zero-order valence-corrected chi connectivity index (χ0v) is 34.6. The highest BCUT2D eigenvalue weighted by molar-refractivity contribution is 6.98. The van der Waals surface area contributed by atoms with Crippen LogP contribution in [0.4, 0.5) is 5.69 Å². The van der Waals surface area contributed by atoms with Gasteiger partial charge in [0.1, 0.15) is 11.2 Å². The number of nitrogens with zero attached hydrogens (tertiary/aromatic N) is 1. The van der Waals surface area contributed by atoms with Gasteiger partial charge in [0.15, 0.2) is 5.92 Å². The van der Waals surface area contributed by atoms with Crippen LogP contribution in [0.25, 0.3) is 5.57 Å². The van der Waals surface area contributed by atoms with Gasteiger partial charge in [-0.2, -0.15) is 0 Å². The summed E-state index contributed by atoms with van der Waals surface area (Å²) in [4.78, 5) is 69.8. The van der Waals surface area contributed by atoms with E-state index in [9.17, 15) is 24.0 Å². The van der Waals surface area contributed by atoms with Crippen LogP contribution in [0.2, 0.25) is 10.1 Å². The molecule has 0 radical (unpaired) electrons. The van der Waals surface area contributed by atoms with E-state index in [1.165, 1.54) is 6.07 Å². The predicted octanol–water partition coefficient (Wildman–Crippen LogP) is 7.82. The Bertz CT molecular complexity index is 2010. The molecule has 288 valence electrons. The fourth-order valence-electron chi connectivity index (χ4n) is 7.06. The Morgan fingerprint density at radius 2 is 1.22 bits per heavy atom. The second-order valence-corrected chi connectivity index (χ2v) is 21.0. The molecular weight excluding hydrogens is 730 g/mol. The first-order valence-corrected chi connectivity index (χ1v) is 20.8. The molecule has 8 nitrogen and oxygen atoms in total. The summed E-state index contributed by atoms with van der Waals surface area (Å²) in [5.74, 6) is -5.40. The van der Waals surface area contributed by atoms with Crippen molar-refractivity contribution in [1.29, 1.82) is 0 Å². The van der Waals surface area contributed by atoms with E-state index in [-0.39, 0.29) is 22.4 Å². The smallest absolute Gasteiger partial charge is 0.325 e. The maximum absolute atomic E-state index is 14.4. The maximum atomic E-state index is 14.4. The zero-order valence-electron chi connectivity index (χ0n) is 32.8. The Labute approximate surface area is 330 Å². The molecule has 2 amide bonds. The van der Waals surface area contributed by atoms with E-state index in [1.807, 2.05) is 72.8 Å². The van der Waals surface area contributed by atoms with Crippen molar-refractivity contribution in [2.24, 2.45) is 5.92 Å². The van der Waals surface area contributed by atoms with Crippen LogP contribution in [0, 0.1) is 5.92 Å². The van der Waals surface area contributed by atoms with E-state index in [2.05, 4.69) is 13.8 Å². The van der Waals surface area contributed by atoms with Crippen LogP contribution in [0.3, 0.4) is 0 Å². The molecule has 0 spiro atoms. The monoisotopic (exact) mass is 779 g/mol. The van der Waals surface area contributed by atoms with Crippen molar-refractivity contribution in [3.8, 4) is 0 Å². The normalized spacial score (nSPS) is 14.1. The highest BCUT2D eigenvalue weighted by Crippen LogP contribution is 2.41. The minimum atomic E-state index is -3.17. The van der Waals surface area contributed by atoms with Crippen molar-refractivity contribution in [1.82, 2.24) is 0 Å². The molecule has 0 bridgehead atoms. The Morgan fingerprint density at radius 1 is 0.709 bits per heavy atom. The van der Waals surface area contributed by atoms with Crippen LogP contribution < -0.4 is 15.3 Å². The highest BCUT2D eigenvalue weighted by Gasteiger charge is 2.51. The van der Waals surface area contributed by atoms with Crippen molar-refractivity contribution in [2.75, 3.05) is 4.90 Å². The summed E-state index contributed by atoms with van der Waals surface area (Å²) in [6.45, 7) is 14.2. The number of aryl methyl sites for hydroxylation is 1. The summed E-state index contributed by atoms with van der Waals surface area (Å²) in [5.41, 5.74) is -0.954. The Kier molecular flexibility index (Phi) is 12.1. The fraction of sp³-hybridized carbons (Fsp3) is 0.333. The first kappa shape index (κ1) is 41.3. The van der Waals surface area contributed by atoms with Crippen LogP contribution in [-0.2, 0) is 35.1 Å². The molecule has 1 N–H and O–H groups in total. The van der Waals surface area contributed by atoms with Gasteiger partial charge in [-0.3, -0.25) is 19.2 Å². The second kappa shape index (κ2) is 16.1. The number of ether oxygens (including phenoxy) is 2. The number of imide groups is 1. The third-order valence-corrected chi connectivity index (χ3v) is 14.4. The Hall–Kier alpha value is -4.83. The van der Waals surface area contributed by atoms with Crippen LogP contribution in [0.15, 0.2) is 115 Å². The number of anilines is 1. The van der Waals surface area contributed by atoms with Crippen molar-refractivity contribution < 1.29 is 33.4 Å². The molecule has 4 aromatic carbocycles. The van der Waals surface area contributed by atoms with E-state index in [0.717, 1.165) is 33.7 Å². The van der Waals surface area contributed by atoms with Gasteiger partial charge in [0.2, 0.25) is 0 Å². The molecule has 0 saturated carbocycles. The van der Waals surface area contributed by atoms with Crippen molar-refractivity contribution in [3.05, 3.63) is 131 Å². The van der Waals surface area contributed by atoms with E-state index < -0.39 is 54.2 Å². The Balaban J connectivity index is 1.43. The SMILES string of the molecule is CC(C)(C)OC(=O)C(C(=O)OC(C)(C)C)C1=C(c2cccc(Cl)c2)C(=O)N(c2ccc(CCCC(C)(C)[Si](O)(c3ccccc3)c3ccccc3)cc2)C1=O. The molecule has 0 aromatic heterocycles. The lowest BCUT2D eigenvalue weighted by Crippen LogP contribution is -2.65. The van der Waals surface area contributed by atoms with Gasteiger partial charge < -0.3 is 14.3 Å². The molecule has 1 aliphatic heterocycles. The third-order valence-electron chi connectivity index (χ3n) is 9.63. The molecule has 0 fully saturated rings. The van der Waals surface area contributed by atoms with Gasteiger partial charge in [-0.25, -0.2) is 4.90 Å². The number of hydrogen-bond acceptors (Lipinski definition) is 7. The first-order chi connectivity index (χ1) is 25.7. The largest absolute Gasteiger partial charge is 0.459 e. The summed E-state index contributed by atoms with van der Waals surface area (Å²) in [5, 5.41) is 1.81. The molecule has 0 atom stereocenters. The van der Waals surface area contributed by atoms with Crippen LogP contribution in [-0.4, -0.2) is 48.1 Å². The minimum absolute atomic E-state index is 0.131. The van der Waals surface area contributed by atoms with Crippen molar-refractivity contribution in [2.45, 2.75) is 90.9 Å². The summed E-state index contributed by atoms with van der Waals surface area (Å²) in [6.07, 6.45) is 2.22. The van der Waals surface area contributed by atoms with Crippen molar-refractivity contribution in [3.63, 3.8) is 0 Å². The molecule has 1 aliphatic rings. The summed E-state index contributed by atoms with van der Waals surface area (Å²) in [6, 6.07) is 33.3. The molecule has 0 unspecified atom stereocenters. The van der Waals surface area contributed by atoms with Gasteiger partial charge in [-0.15, -0.1) is 0 Å². The number of esters is 2. The predicted molar refractivity (Wildman–Crippen MR) is 220 cm³/mol. The molecular formula is C45H50ClNO7Si. The number of hydrogen-bond donors (Lipinski definition) is 1. The van der Waals surface area contributed by atoms with Gasteiger partial charge in [0.05, 0.1) is 16.8 Å². The molecule has 5 rings (SSSR count). The molecule has 0 aliphatic carbocycles. The quantitative estimate of drug-likeness (QED) is 0.0676. The summed E-state index contributed by atoms with van der Waals surface area (Å²) in [7, 11) is -3.17.